The van der Waals surface area contributed by atoms with Crippen LogP contribution in [0.25, 0.3) is 0 Å². The van der Waals surface area contributed by atoms with Crippen molar-refractivity contribution in [1.82, 2.24) is 10.7 Å². The Morgan fingerprint density at radius 3 is 2.40 bits per heavy atom. The van der Waals surface area contributed by atoms with Crippen LogP contribution < -0.4 is 16.6 Å². The van der Waals surface area contributed by atoms with Crippen molar-refractivity contribution >= 4 is 5.96 Å². The summed E-state index contributed by atoms with van der Waals surface area (Å²) in [6.07, 6.45) is 9.22. The van der Waals surface area contributed by atoms with Crippen LogP contribution in [0, 0.1) is 5.92 Å². The predicted molar refractivity (Wildman–Crippen MR) is 62.4 cm³/mol. The molecule has 2 aliphatic carbocycles. The number of hydrogen-bond acceptors (Lipinski definition) is 2. The maximum atomic E-state index is 5.45. The fraction of sp³-hybridized carbons (Fsp3) is 0.909. The Balaban J connectivity index is 1.74. The highest BCUT2D eigenvalue weighted by molar-refractivity contribution is 5.79. The van der Waals surface area contributed by atoms with Gasteiger partial charge < -0.3 is 5.32 Å². The third-order valence-electron chi connectivity index (χ3n) is 3.57. The Morgan fingerprint density at radius 1 is 1.13 bits per heavy atom. The molecule has 0 saturated heterocycles. The average Bonchev–Trinajstić information content (AvgIpc) is 2.66. The van der Waals surface area contributed by atoms with Crippen molar-refractivity contribution < 1.29 is 0 Å². The summed E-state index contributed by atoms with van der Waals surface area (Å²) in [5, 5.41) is 3.38. The van der Waals surface area contributed by atoms with Gasteiger partial charge in [0.25, 0.3) is 0 Å². The van der Waals surface area contributed by atoms with Gasteiger partial charge in [-0.05, 0) is 31.6 Å². The number of aliphatic imine (C=N–C) groups is 1. The van der Waals surface area contributed by atoms with Crippen LogP contribution in [-0.2, 0) is 0 Å². The number of nitrogens with two attached hydrogens (primary N) is 1. The van der Waals surface area contributed by atoms with Crippen molar-refractivity contribution in [2.45, 2.75) is 51.0 Å². The highest BCUT2D eigenvalue weighted by Gasteiger charge is 2.18. The van der Waals surface area contributed by atoms with Crippen molar-refractivity contribution in [2.75, 3.05) is 6.54 Å². The van der Waals surface area contributed by atoms with Gasteiger partial charge in [0.1, 0.15) is 0 Å². The predicted octanol–water partition coefficient (Wildman–Crippen LogP) is 1.14. The maximum Gasteiger partial charge on any atom is 0.205 e. The fourth-order valence-electron chi connectivity index (χ4n) is 2.29. The fourth-order valence-corrected chi connectivity index (χ4v) is 2.29. The van der Waals surface area contributed by atoms with E-state index in [-0.39, 0.29) is 0 Å². The summed E-state index contributed by atoms with van der Waals surface area (Å²) >= 11 is 0. The lowest BCUT2D eigenvalue weighted by Gasteiger charge is -2.24. The summed E-state index contributed by atoms with van der Waals surface area (Å²) in [5.41, 5.74) is 2.67. The highest BCUT2D eigenvalue weighted by Crippen LogP contribution is 2.26. The van der Waals surface area contributed by atoms with E-state index in [2.05, 4.69) is 15.7 Å². The molecule has 0 radical (unpaired) electrons. The molecule has 0 aliphatic heterocycles. The number of nitrogens with zero attached hydrogens (tertiary/aromatic N) is 1. The standard InChI is InChI=1S/C11H22N4/c12-15-11(13-8-9-4-3-5-9)14-10-6-1-2-7-10/h9-10H,1-8,12H2,(H2,13,14,15). The Hall–Kier alpha value is -0.770. The van der Waals surface area contributed by atoms with E-state index in [4.69, 9.17) is 5.84 Å². The molecule has 0 atom stereocenters. The molecular formula is C11H22N4. The van der Waals surface area contributed by atoms with E-state index in [1.54, 1.807) is 0 Å². The second-order valence-electron chi connectivity index (χ2n) is 4.76. The molecule has 2 fully saturated rings. The van der Waals surface area contributed by atoms with Crippen molar-refractivity contribution in [2.24, 2.45) is 16.8 Å². The number of hydrogen-bond donors (Lipinski definition) is 3. The van der Waals surface area contributed by atoms with Crippen LogP contribution in [0.5, 0.6) is 0 Å². The Labute approximate surface area is 91.7 Å². The maximum absolute atomic E-state index is 5.45. The first-order valence-electron chi connectivity index (χ1n) is 6.16. The van der Waals surface area contributed by atoms with Gasteiger partial charge in [-0.2, -0.15) is 0 Å². The second kappa shape index (κ2) is 5.35. The van der Waals surface area contributed by atoms with Crippen LogP contribution in [0.1, 0.15) is 44.9 Å². The van der Waals surface area contributed by atoms with E-state index < -0.39 is 0 Å². The van der Waals surface area contributed by atoms with Crippen molar-refractivity contribution in [3.05, 3.63) is 0 Å². The molecule has 86 valence electrons. The van der Waals surface area contributed by atoms with Crippen LogP contribution >= 0.6 is 0 Å². The Bertz CT molecular complexity index is 217. The van der Waals surface area contributed by atoms with Gasteiger partial charge in [0, 0.05) is 12.6 Å². The van der Waals surface area contributed by atoms with Gasteiger partial charge in [-0.15, -0.1) is 0 Å². The molecule has 4 heteroatoms. The molecule has 0 unspecified atom stereocenters. The third kappa shape index (κ3) is 3.09. The van der Waals surface area contributed by atoms with Crippen molar-refractivity contribution in [1.29, 1.82) is 0 Å². The van der Waals surface area contributed by atoms with E-state index >= 15 is 0 Å². The van der Waals surface area contributed by atoms with Gasteiger partial charge in [-0.3, -0.25) is 10.4 Å². The lowest BCUT2D eigenvalue weighted by molar-refractivity contribution is 0.325. The molecule has 4 nitrogen and oxygen atoms in total. The van der Waals surface area contributed by atoms with Gasteiger partial charge in [0.2, 0.25) is 5.96 Å². The zero-order valence-corrected chi connectivity index (χ0v) is 9.34. The van der Waals surface area contributed by atoms with E-state index in [1.807, 2.05) is 0 Å². The SMILES string of the molecule is NNC(=NCC1CCC1)NC1CCCC1. The molecule has 0 aromatic carbocycles. The number of guanidine groups is 1. The minimum absolute atomic E-state index is 0.584. The van der Waals surface area contributed by atoms with E-state index in [9.17, 15) is 0 Å². The summed E-state index contributed by atoms with van der Waals surface area (Å²) in [7, 11) is 0. The van der Waals surface area contributed by atoms with Crippen molar-refractivity contribution in [3.8, 4) is 0 Å². The van der Waals surface area contributed by atoms with Gasteiger partial charge in [-0.25, -0.2) is 5.84 Å². The lowest BCUT2D eigenvalue weighted by atomic mass is 9.86. The molecule has 0 spiro atoms. The molecule has 15 heavy (non-hydrogen) atoms. The van der Waals surface area contributed by atoms with Crippen LogP contribution in [0.15, 0.2) is 4.99 Å². The van der Waals surface area contributed by atoms with Crippen LogP contribution in [0.4, 0.5) is 0 Å². The average molecular weight is 210 g/mol. The van der Waals surface area contributed by atoms with E-state index in [1.165, 1.54) is 44.9 Å². The monoisotopic (exact) mass is 210 g/mol. The molecule has 2 aliphatic rings. The molecule has 4 N–H and O–H groups in total. The summed E-state index contributed by atoms with van der Waals surface area (Å²) in [5.74, 6) is 7.04. The molecule has 2 rings (SSSR count). The first kappa shape index (κ1) is 10.7. The molecule has 0 aromatic heterocycles. The van der Waals surface area contributed by atoms with Crippen molar-refractivity contribution in [3.63, 3.8) is 0 Å². The second-order valence-corrected chi connectivity index (χ2v) is 4.76. The smallest absolute Gasteiger partial charge is 0.205 e. The number of nitrogens with one attached hydrogen (secondary N) is 2. The van der Waals surface area contributed by atoms with Gasteiger partial charge in [-0.1, -0.05) is 19.3 Å². The molecule has 0 heterocycles. The third-order valence-corrected chi connectivity index (χ3v) is 3.57. The lowest BCUT2D eigenvalue weighted by Crippen LogP contribution is -2.46. The molecule has 0 amide bonds. The zero-order chi connectivity index (χ0) is 10.5. The first-order chi connectivity index (χ1) is 7.38. The van der Waals surface area contributed by atoms with Crippen LogP contribution in [0.2, 0.25) is 0 Å². The number of rotatable bonds is 3. The summed E-state index contributed by atoms with van der Waals surface area (Å²) < 4.78 is 0. The summed E-state index contributed by atoms with van der Waals surface area (Å²) in [6, 6.07) is 0.584. The molecular weight excluding hydrogens is 188 g/mol. The zero-order valence-electron chi connectivity index (χ0n) is 9.34. The van der Waals surface area contributed by atoms with Gasteiger partial charge in [0.05, 0.1) is 0 Å². The summed E-state index contributed by atoms with van der Waals surface area (Å²) in [6.45, 7) is 0.930. The molecule has 2 saturated carbocycles. The first-order valence-corrected chi connectivity index (χ1v) is 6.16. The van der Waals surface area contributed by atoms with E-state index in [0.717, 1.165) is 18.4 Å². The van der Waals surface area contributed by atoms with Crippen LogP contribution in [-0.4, -0.2) is 18.5 Å². The Kier molecular flexibility index (Phi) is 3.83. The minimum atomic E-state index is 0.584. The normalized spacial score (nSPS) is 23.9. The largest absolute Gasteiger partial charge is 0.353 e. The number of hydrazine groups is 1. The van der Waals surface area contributed by atoms with Gasteiger partial charge >= 0.3 is 0 Å². The quantitative estimate of drug-likeness (QED) is 0.283. The highest BCUT2D eigenvalue weighted by atomic mass is 15.3. The minimum Gasteiger partial charge on any atom is -0.353 e. The Morgan fingerprint density at radius 2 is 1.87 bits per heavy atom. The molecule has 0 aromatic rings. The topological polar surface area (TPSA) is 62.4 Å². The van der Waals surface area contributed by atoms with Gasteiger partial charge in [0.15, 0.2) is 0 Å². The molecule has 0 bridgehead atoms. The summed E-state index contributed by atoms with van der Waals surface area (Å²) in [4.78, 5) is 4.50. The van der Waals surface area contributed by atoms with E-state index in [0.29, 0.717) is 6.04 Å². The van der Waals surface area contributed by atoms with Crippen LogP contribution in [0.3, 0.4) is 0 Å².